The lowest BCUT2D eigenvalue weighted by molar-refractivity contribution is -0.122. The average Bonchev–Trinajstić information content (AvgIpc) is 1.93. The highest BCUT2D eigenvalue weighted by Crippen LogP contribution is 2.07. The van der Waals surface area contributed by atoms with Crippen LogP contribution in [0.5, 0.6) is 0 Å². The van der Waals surface area contributed by atoms with Crippen molar-refractivity contribution in [1.82, 2.24) is 10.6 Å². The maximum absolute atomic E-state index is 11.1. The van der Waals surface area contributed by atoms with E-state index in [2.05, 4.69) is 10.6 Å². The van der Waals surface area contributed by atoms with E-state index in [9.17, 15) is 4.79 Å². The lowest BCUT2D eigenvalue weighted by atomic mass is 9.99. The zero-order chi connectivity index (χ0) is 8.97. The molecule has 1 aliphatic rings. The van der Waals surface area contributed by atoms with Gasteiger partial charge in [-0.3, -0.25) is 4.79 Å². The molecule has 4 nitrogen and oxygen atoms in total. The van der Waals surface area contributed by atoms with Crippen molar-refractivity contribution in [3.05, 3.63) is 0 Å². The minimum Gasteiger partial charge on any atom is -0.392 e. The molecule has 1 amide bonds. The first-order valence-electron chi connectivity index (χ1n) is 4.34. The Kier molecular flexibility index (Phi) is 3.49. The summed E-state index contributed by atoms with van der Waals surface area (Å²) in [7, 11) is 0. The van der Waals surface area contributed by atoms with E-state index in [0.29, 0.717) is 18.9 Å². The number of hydrogen-bond donors (Lipinski definition) is 3. The van der Waals surface area contributed by atoms with Crippen LogP contribution in [-0.2, 0) is 4.79 Å². The Morgan fingerprint density at radius 3 is 2.83 bits per heavy atom. The fraction of sp³-hybridized carbons (Fsp3) is 0.875. The van der Waals surface area contributed by atoms with E-state index in [1.807, 2.05) is 0 Å². The van der Waals surface area contributed by atoms with E-state index in [4.69, 9.17) is 5.11 Å². The molecule has 1 heterocycles. The normalized spacial score (nSPS) is 19.8. The molecular formula is C8H16N2O2. The third kappa shape index (κ3) is 3.19. The van der Waals surface area contributed by atoms with Crippen LogP contribution in [0, 0.1) is 5.92 Å². The summed E-state index contributed by atoms with van der Waals surface area (Å²) in [5.74, 6) is 0.543. The van der Waals surface area contributed by atoms with Gasteiger partial charge in [-0.25, -0.2) is 0 Å². The number of aliphatic hydroxyl groups is 1. The Balaban J connectivity index is 2.03. The Labute approximate surface area is 72.3 Å². The minimum absolute atomic E-state index is 0.0439. The molecule has 12 heavy (non-hydrogen) atoms. The van der Waals surface area contributed by atoms with Crippen molar-refractivity contribution in [1.29, 1.82) is 0 Å². The van der Waals surface area contributed by atoms with Gasteiger partial charge in [0.2, 0.25) is 5.91 Å². The van der Waals surface area contributed by atoms with Gasteiger partial charge in [0.1, 0.15) is 0 Å². The summed E-state index contributed by atoms with van der Waals surface area (Å²) in [6, 6.07) is 0. The number of rotatable bonds is 4. The van der Waals surface area contributed by atoms with Gasteiger partial charge in [-0.2, -0.15) is 0 Å². The molecule has 0 bridgehead atoms. The molecule has 0 aromatic heterocycles. The smallest absolute Gasteiger partial charge is 0.220 e. The minimum atomic E-state index is -0.450. The number of carbonyl (C=O) groups excluding carboxylic acids is 1. The summed E-state index contributed by atoms with van der Waals surface area (Å²) in [6.07, 6.45) is 0.133. The monoisotopic (exact) mass is 172 g/mol. The average molecular weight is 172 g/mol. The van der Waals surface area contributed by atoms with Crippen molar-refractivity contribution in [3.8, 4) is 0 Å². The molecule has 0 saturated carbocycles. The third-order valence-corrected chi connectivity index (χ3v) is 1.93. The van der Waals surface area contributed by atoms with Crippen LogP contribution in [0.4, 0.5) is 0 Å². The summed E-state index contributed by atoms with van der Waals surface area (Å²) >= 11 is 0. The van der Waals surface area contributed by atoms with E-state index in [1.165, 1.54) is 0 Å². The summed E-state index contributed by atoms with van der Waals surface area (Å²) in [6.45, 7) is 3.91. The van der Waals surface area contributed by atoms with E-state index in [-0.39, 0.29) is 5.91 Å². The maximum Gasteiger partial charge on any atom is 0.220 e. The predicted octanol–water partition coefficient (Wildman–Crippen LogP) is -0.907. The molecule has 0 radical (unpaired) electrons. The van der Waals surface area contributed by atoms with Gasteiger partial charge in [0.05, 0.1) is 6.10 Å². The van der Waals surface area contributed by atoms with E-state index >= 15 is 0 Å². The van der Waals surface area contributed by atoms with Crippen LogP contribution in [0.3, 0.4) is 0 Å². The number of hydrogen-bond acceptors (Lipinski definition) is 3. The van der Waals surface area contributed by atoms with Gasteiger partial charge in [0, 0.05) is 13.0 Å². The molecule has 70 valence electrons. The number of nitrogens with one attached hydrogen (secondary N) is 2. The molecule has 1 saturated heterocycles. The van der Waals surface area contributed by atoms with Crippen LogP contribution in [0.15, 0.2) is 0 Å². The fourth-order valence-corrected chi connectivity index (χ4v) is 1.09. The Hall–Kier alpha value is -0.610. The Morgan fingerprint density at radius 2 is 2.42 bits per heavy atom. The molecule has 1 atom stereocenters. The molecule has 1 fully saturated rings. The summed E-state index contributed by atoms with van der Waals surface area (Å²) in [4.78, 5) is 11.1. The zero-order valence-corrected chi connectivity index (χ0v) is 7.34. The molecule has 3 N–H and O–H groups in total. The van der Waals surface area contributed by atoms with Gasteiger partial charge in [-0.05, 0) is 25.9 Å². The van der Waals surface area contributed by atoms with Gasteiger partial charge in [0.15, 0.2) is 0 Å². The van der Waals surface area contributed by atoms with Gasteiger partial charge in [-0.1, -0.05) is 0 Å². The quantitative estimate of drug-likeness (QED) is 0.514. The molecule has 1 rings (SSSR count). The van der Waals surface area contributed by atoms with Crippen molar-refractivity contribution in [2.45, 2.75) is 19.4 Å². The number of carbonyl (C=O) groups is 1. The summed E-state index contributed by atoms with van der Waals surface area (Å²) < 4.78 is 0. The predicted molar refractivity (Wildman–Crippen MR) is 45.7 cm³/mol. The standard InChI is InChI=1S/C8H16N2O2/c1-6(11)3-10-8(12)2-7-4-9-5-7/h6-7,9,11H,2-5H2,1H3,(H,10,12)/t6-/m1/s1. The van der Waals surface area contributed by atoms with Crippen LogP contribution < -0.4 is 10.6 Å². The highest BCUT2D eigenvalue weighted by molar-refractivity contribution is 5.76. The highest BCUT2D eigenvalue weighted by atomic mass is 16.3. The van der Waals surface area contributed by atoms with Crippen LogP contribution >= 0.6 is 0 Å². The molecule has 0 aromatic rings. The van der Waals surface area contributed by atoms with Crippen LogP contribution in [0.2, 0.25) is 0 Å². The Bertz CT molecular complexity index is 155. The van der Waals surface area contributed by atoms with Crippen LogP contribution in [0.1, 0.15) is 13.3 Å². The number of amides is 1. The third-order valence-electron chi connectivity index (χ3n) is 1.93. The van der Waals surface area contributed by atoms with E-state index in [1.54, 1.807) is 6.92 Å². The Morgan fingerprint density at radius 1 is 1.75 bits per heavy atom. The second kappa shape index (κ2) is 4.42. The van der Waals surface area contributed by atoms with Crippen molar-refractivity contribution in [2.24, 2.45) is 5.92 Å². The lowest BCUT2D eigenvalue weighted by Crippen LogP contribution is -2.45. The molecule has 1 aliphatic heterocycles. The number of aliphatic hydroxyl groups excluding tert-OH is 1. The molecule has 0 spiro atoms. The van der Waals surface area contributed by atoms with Gasteiger partial charge in [0.25, 0.3) is 0 Å². The van der Waals surface area contributed by atoms with Crippen LogP contribution in [0.25, 0.3) is 0 Å². The largest absolute Gasteiger partial charge is 0.392 e. The molecule has 0 aliphatic carbocycles. The molecular weight excluding hydrogens is 156 g/mol. The van der Waals surface area contributed by atoms with Crippen molar-refractivity contribution in [3.63, 3.8) is 0 Å². The van der Waals surface area contributed by atoms with Crippen molar-refractivity contribution < 1.29 is 9.90 Å². The molecule has 4 heteroatoms. The first kappa shape index (κ1) is 9.48. The van der Waals surface area contributed by atoms with E-state index < -0.39 is 6.10 Å². The maximum atomic E-state index is 11.1. The first-order chi connectivity index (χ1) is 5.68. The second-order valence-corrected chi connectivity index (χ2v) is 3.38. The first-order valence-corrected chi connectivity index (χ1v) is 4.34. The van der Waals surface area contributed by atoms with Crippen molar-refractivity contribution in [2.75, 3.05) is 19.6 Å². The lowest BCUT2D eigenvalue weighted by Gasteiger charge is -2.26. The van der Waals surface area contributed by atoms with Gasteiger partial charge < -0.3 is 15.7 Å². The summed E-state index contributed by atoms with van der Waals surface area (Å²) in [5.41, 5.74) is 0. The fourth-order valence-electron chi connectivity index (χ4n) is 1.09. The van der Waals surface area contributed by atoms with E-state index in [0.717, 1.165) is 13.1 Å². The highest BCUT2D eigenvalue weighted by Gasteiger charge is 2.19. The second-order valence-electron chi connectivity index (χ2n) is 3.38. The zero-order valence-electron chi connectivity index (χ0n) is 7.34. The molecule has 0 aromatic carbocycles. The van der Waals surface area contributed by atoms with Crippen molar-refractivity contribution >= 4 is 5.91 Å². The SMILES string of the molecule is C[C@@H](O)CNC(=O)CC1CNC1. The molecule has 0 unspecified atom stereocenters. The topological polar surface area (TPSA) is 61.4 Å². The van der Waals surface area contributed by atoms with Gasteiger partial charge >= 0.3 is 0 Å². The van der Waals surface area contributed by atoms with Gasteiger partial charge in [-0.15, -0.1) is 0 Å². The van der Waals surface area contributed by atoms with Crippen LogP contribution in [-0.4, -0.2) is 36.8 Å². The summed E-state index contributed by atoms with van der Waals surface area (Å²) in [5, 5.41) is 14.6.